The summed E-state index contributed by atoms with van der Waals surface area (Å²) >= 11 is 0. The van der Waals surface area contributed by atoms with Crippen LogP contribution in [0, 0.1) is 10.1 Å². The highest BCUT2D eigenvalue weighted by atomic mass is 16.6. The minimum absolute atomic E-state index is 0.116. The van der Waals surface area contributed by atoms with Crippen molar-refractivity contribution in [1.82, 2.24) is 15.3 Å². The third kappa shape index (κ3) is 2.53. The molecule has 2 heterocycles. The molecule has 3 aromatic rings. The first-order chi connectivity index (χ1) is 10.5. The maximum absolute atomic E-state index is 12.0. The predicted octanol–water partition coefficient (Wildman–Crippen LogP) is 2.56. The van der Waals surface area contributed by atoms with Crippen LogP contribution in [0.5, 0.6) is 0 Å². The smallest absolute Gasteiger partial charge is 0.395 e. The summed E-state index contributed by atoms with van der Waals surface area (Å²) in [7, 11) is 0. The number of hydrogen-bond acceptors (Lipinski definition) is 5. The van der Waals surface area contributed by atoms with E-state index in [1.165, 1.54) is 6.07 Å². The number of amides is 1. The first-order valence-electron chi connectivity index (χ1n) is 6.54. The molecule has 112 valence electrons. The van der Waals surface area contributed by atoms with Gasteiger partial charge in [-0.1, -0.05) is 12.1 Å². The van der Waals surface area contributed by atoms with Crippen molar-refractivity contribution in [3.8, 4) is 0 Å². The number of benzene rings is 1. The molecule has 8 heteroatoms. The Morgan fingerprint density at radius 3 is 2.82 bits per heavy atom. The van der Waals surface area contributed by atoms with Crippen LogP contribution in [-0.2, 0) is 0 Å². The molecule has 0 unspecified atom stereocenters. The lowest BCUT2D eigenvalue weighted by Crippen LogP contribution is -2.26. The van der Waals surface area contributed by atoms with Crippen LogP contribution in [0.1, 0.15) is 29.3 Å². The van der Waals surface area contributed by atoms with Crippen molar-refractivity contribution in [2.24, 2.45) is 0 Å². The fourth-order valence-electron chi connectivity index (χ4n) is 2.06. The zero-order valence-electron chi connectivity index (χ0n) is 11.6. The zero-order valence-corrected chi connectivity index (χ0v) is 11.6. The van der Waals surface area contributed by atoms with Crippen molar-refractivity contribution in [3.05, 3.63) is 58.1 Å². The minimum atomic E-state index is -0.695. The number of imidazole rings is 1. The molecule has 0 bridgehead atoms. The van der Waals surface area contributed by atoms with E-state index in [4.69, 9.17) is 4.42 Å². The van der Waals surface area contributed by atoms with Crippen LogP contribution in [0.2, 0.25) is 0 Å². The molecule has 0 saturated heterocycles. The van der Waals surface area contributed by atoms with Gasteiger partial charge in [-0.15, -0.1) is 0 Å². The van der Waals surface area contributed by atoms with Crippen LogP contribution in [0.15, 0.2) is 40.8 Å². The van der Waals surface area contributed by atoms with E-state index in [1.807, 2.05) is 24.3 Å². The number of rotatable bonds is 4. The summed E-state index contributed by atoms with van der Waals surface area (Å²) in [5.74, 6) is -0.534. The molecule has 3 rings (SSSR count). The average Bonchev–Trinajstić information content (AvgIpc) is 3.14. The predicted molar refractivity (Wildman–Crippen MR) is 77.3 cm³/mol. The van der Waals surface area contributed by atoms with Crippen LogP contribution < -0.4 is 5.32 Å². The third-order valence-electron chi connectivity index (χ3n) is 3.16. The van der Waals surface area contributed by atoms with E-state index in [0.717, 1.165) is 17.1 Å². The van der Waals surface area contributed by atoms with Crippen molar-refractivity contribution in [2.75, 3.05) is 0 Å². The van der Waals surface area contributed by atoms with Crippen molar-refractivity contribution >= 4 is 22.8 Å². The fourth-order valence-corrected chi connectivity index (χ4v) is 2.06. The quantitative estimate of drug-likeness (QED) is 0.567. The number of hydrogen-bond donors (Lipinski definition) is 2. The van der Waals surface area contributed by atoms with Crippen molar-refractivity contribution in [3.63, 3.8) is 0 Å². The second-order valence-corrected chi connectivity index (χ2v) is 4.73. The Morgan fingerprint density at radius 1 is 1.36 bits per heavy atom. The van der Waals surface area contributed by atoms with Crippen molar-refractivity contribution in [1.29, 1.82) is 0 Å². The lowest BCUT2D eigenvalue weighted by atomic mass is 10.3. The van der Waals surface area contributed by atoms with Gasteiger partial charge in [0.25, 0.3) is 5.91 Å². The van der Waals surface area contributed by atoms with Gasteiger partial charge in [-0.2, -0.15) is 0 Å². The molecule has 0 fully saturated rings. The van der Waals surface area contributed by atoms with E-state index >= 15 is 0 Å². The Morgan fingerprint density at radius 2 is 2.14 bits per heavy atom. The highest BCUT2D eigenvalue weighted by Crippen LogP contribution is 2.18. The topological polar surface area (TPSA) is 114 Å². The van der Waals surface area contributed by atoms with Crippen LogP contribution in [0.4, 0.5) is 5.88 Å². The second kappa shape index (κ2) is 5.32. The van der Waals surface area contributed by atoms with Gasteiger partial charge in [0.05, 0.1) is 23.1 Å². The van der Waals surface area contributed by atoms with Gasteiger partial charge in [0.1, 0.15) is 10.7 Å². The number of carbonyl (C=O) groups excluding carboxylic acids is 1. The molecule has 0 aliphatic carbocycles. The van der Waals surface area contributed by atoms with Crippen LogP contribution >= 0.6 is 0 Å². The Balaban J connectivity index is 1.76. The highest BCUT2D eigenvalue weighted by molar-refractivity contribution is 5.92. The molecule has 2 N–H and O–H groups in total. The van der Waals surface area contributed by atoms with E-state index in [0.29, 0.717) is 5.82 Å². The van der Waals surface area contributed by atoms with Gasteiger partial charge in [0, 0.05) is 0 Å². The van der Waals surface area contributed by atoms with Crippen molar-refractivity contribution in [2.45, 2.75) is 13.0 Å². The number of nitrogens with one attached hydrogen (secondary N) is 2. The maximum atomic E-state index is 12.0. The summed E-state index contributed by atoms with van der Waals surface area (Å²) in [6, 6.07) is 9.51. The molecule has 0 spiro atoms. The van der Waals surface area contributed by atoms with Crippen LogP contribution in [-0.4, -0.2) is 20.8 Å². The van der Waals surface area contributed by atoms with Gasteiger partial charge in [-0.25, -0.2) is 4.98 Å². The first kappa shape index (κ1) is 13.8. The van der Waals surface area contributed by atoms with Crippen LogP contribution in [0.3, 0.4) is 0 Å². The number of nitro groups is 1. The number of carbonyl (C=O) groups is 1. The average molecular weight is 300 g/mol. The Hall–Kier alpha value is -3.16. The molecular formula is C14H12N4O4. The SMILES string of the molecule is C[C@@H](NC(=O)c1ccc([N+](=O)[O-])o1)c1nc2ccccc2[nH]1. The number of aromatic nitrogens is 2. The van der Waals surface area contributed by atoms with E-state index in [9.17, 15) is 14.9 Å². The summed E-state index contributed by atoms with van der Waals surface area (Å²) in [6.07, 6.45) is 0. The van der Waals surface area contributed by atoms with Crippen molar-refractivity contribution < 1.29 is 14.1 Å². The molecule has 0 saturated carbocycles. The molecule has 2 aromatic heterocycles. The zero-order chi connectivity index (χ0) is 15.7. The van der Waals surface area contributed by atoms with E-state index < -0.39 is 22.8 Å². The van der Waals surface area contributed by atoms with Gasteiger partial charge in [-0.05, 0) is 25.1 Å². The van der Waals surface area contributed by atoms with Crippen LogP contribution in [0.25, 0.3) is 11.0 Å². The molecule has 1 amide bonds. The lowest BCUT2D eigenvalue weighted by Gasteiger charge is -2.09. The van der Waals surface area contributed by atoms with E-state index in [1.54, 1.807) is 6.92 Å². The largest absolute Gasteiger partial charge is 0.433 e. The lowest BCUT2D eigenvalue weighted by molar-refractivity contribution is -0.402. The molecule has 0 aliphatic rings. The summed E-state index contributed by atoms with van der Waals surface area (Å²) in [5, 5.41) is 13.2. The summed E-state index contributed by atoms with van der Waals surface area (Å²) < 4.78 is 4.86. The molecule has 8 nitrogen and oxygen atoms in total. The Bertz CT molecular complexity index is 818. The second-order valence-electron chi connectivity index (χ2n) is 4.73. The standard InChI is InChI=1S/C14H12N4O4/c1-8(13-16-9-4-2-3-5-10(9)17-13)15-14(19)11-6-7-12(22-11)18(20)21/h2-8H,1H3,(H,15,19)(H,16,17)/t8-/m1/s1. The number of H-pyrrole nitrogens is 1. The molecular weight excluding hydrogens is 288 g/mol. The summed E-state index contributed by atoms with van der Waals surface area (Å²) in [6.45, 7) is 1.76. The molecule has 0 radical (unpaired) electrons. The van der Waals surface area contributed by atoms with Gasteiger partial charge in [0.2, 0.25) is 0 Å². The normalized spacial score (nSPS) is 12.2. The third-order valence-corrected chi connectivity index (χ3v) is 3.16. The first-order valence-corrected chi connectivity index (χ1v) is 6.54. The van der Waals surface area contributed by atoms with E-state index in [2.05, 4.69) is 15.3 Å². The number of aromatic amines is 1. The van der Waals surface area contributed by atoms with Gasteiger partial charge >= 0.3 is 5.88 Å². The number of para-hydroxylation sites is 2. The Kier molecular flexibility index (Phi) is 3.34. The van der Waals surface area contributed by atoms with Gasteiger partial charge < -0.3 is 14.7 Å². The number of fused-ring (bicyclic) bond motifs is 1. The molecule has 1 atom stereocenters. The molecule has 22 heavy (non-hydrogen) atoms. The monoisotopic (exact) mass is 300 g/mol. The Labute approximate surface area is 124 Å². The number of furan rings is 1. The summed E-state index contributed by atoms with van der Waals surface area (Å²) in [4.78, 5) is 29.4. The van der Waals surface area contributed by atoms with E-state index in [-0.39, 0.29) is 5.76 Å². The molecule has 1 aromatic carbocycles. The maximum Gasteiger partial charge on any atom is 0.433 e. The summed E-state index contributed by atoms with van der Waals surface area (Å²) in [5.41, 5.74) is 1.67. The highest BCUT2D eigenvalue weighted by Gasteiger charge is 2.20. The molecule has 0 aliphatic heterocycles. The number of nitrogens with zero attached hydrogens (tertiary/aromatic N) is 2. The van der Waals surface area contributed by atoms with Gasteiger partial charge in [-0.3, -0.25) is 14.9 Å². The van der Waals surface area contributed by atoms with Gasteiger partial charge in [0.15, 0.2) is 5.76 Å². The fraction of sp³-hybridized carbons (Fsp3) is 0.143. The minimum Gasteiger partial charge on any atom is -0.395 e.